The van der Waals surface area contributed by atoms with Crippen LogP contribution in [-0.2, 0) is 0 Å². The van der Waals surface area contributed by atoms with Crippen molar-refractivity contribution in [2.24, 2.45) is 0 Å². The molecular weight excluding hydrogens is 119 g/mol. The molecule has 0 N–H and O–H groups in total. The largest absolute Gasteiger partial charge is 1.00 e. The van der Waals surface area contributed by atoms with Crippen LogP contribution in [0.15, 0.2) is 18.2 Å². The number of hydrogen-bond donors (Lipinski definition) is 0. The second-order valence-electron chi connectivity index (χ2n) is 2.27. The normalized spacial score (nSPS) is 8.60. The van der Waals surface area contributed by atoms with E-state index in [9.17, 15) is 5.11 Å². The van der Waals surface area contributed by atoms with Crippen molar-refractivity contribution in [1.29, 1.82) is 0 Å². The molecule has 0 aliphatic heterocycles. The molecule has 0 spiro atoms. The molecule has 10 heavy (non-hydrogen) atoms. The molecule has 0 aliphatic rings. The summed E-state index contributed by atoms with van der Waals surface area (Å²) < 4.78 is 0. The molecule has 0 saturated heterocycles. The van der Waals surface area contributed by atoms with Crippen molar-refractivity contribution in [1.82, 2.24) is 0 Å². The van der Waals surface area contributed by atoms with Crippen LogP contribution in [0.5, 0.6) is 5.75 Å². The van der Waals surface area contributed by atoms with Gasteiger partial charge in [-0.1, -0.05) is 29.3 Å². The van der Waals surface area contributed by atoms with E-state index in [0.717, 1.165) is 11.1 Å². The zero-order valence-electron chi connectivity index (χ0n) is 6.64. The molecule has 48 valence electrons. The van der Waals surface area contributed by atoms with Gasteiger partial charge in [-0.05, 0) is 13.8 Å². The van der Waals surface area contributed by atoms with E-state index in [4.69, 9.17) is 0 Å². The van der Waals surface area contributed by atoms with Crippen LogP contribution >= 0.6 is 0 Å². The van der Waals surface area contributed by atoms with E-state index in [2.05, 4.69) is 0 Å². The summed E-state index contributed by atoms with van der Waals surface area (Å²) >= 11 is 0. The summed E-state index contributed by atoms with van der Waals surface area (Å²) in [5.74, 6) is 0.126. The van der Waals surface area contributed by atoms with Crippen molar-refractivity contribution >= 4 is 0 Å². The van der Waals surface area contributed by atoms with E-state index >= 15 is 0 Å². The molecule has 0 unspecified atom stereocenters. The molecule has 1 aromatic rings. The van der Waals surface area contributed by atoms with Gasteiger partial charge >= 0.3 is 18.9 Å². The van der Waals surface area contributed by atoms with Gasteiger partial charge in [0.15, 0.2) is 0 Å². The predicted octanol–water partition coefficient (Wildman–Crippen LogP) is -1.62. The zero-order valence-corrected chi connectivity index (χ0v) is 6.64. The summed E-state index contributed by atoms with van der Waals surface area (Å²) in [7, 11) is 0. The fourth-order valence-corrected chi connectivity index (χ4v) is 0.799. The van der Waals surface area contributed by atoms with Crippen molar-refractivity contribution in [2.75, 3.05) is 0 Å². The first-order valence-electron chi connectivity index (χ1n) is 2.94. The molecule has 0 fully saturated rings. The van der Waals surface area contributed by atoms with Gasteiger partial charge in [-0.3, -0.25) is 0 Å². The van der Waals surface area contributed by atoms with Crippen molar-refractivity contribution in [3.8, 4) is 5.75 Å². The van der Waals surface area contributed by atoms with Crippen LogP contribution in [0.4, 0.5) is 0 Å². The summed E-state index contributed by atoms with van der Waals surface area (Å²) in [4.78, 5) is 0. The number of hydrogen-bond acceptors (Lipinski definition) is 1. The topological polar surface area (TPSA) is 23.1 Å². The molecule has 0 bridgehead atoms. The van der Waals surface area contributed by atoms with Gasteiger partial charge in [-0.25, -0.2) is 0 Å². The summed E-state index contributed by atoms with van der Waals surface area (Å²) in [6, 6.07) is 5.32. The van der Waals surface area contributed by atoms with E-state index in [-0.39, 0.29) is 24.6 Å². The van der Waals surface area contributed by atoms with Crippen LogP contribution in [0, 0.1) is 13.8 Å². The van der Waals surface area contributed by atoms with E-state index in [1.54, 1.807) is 6.07 Å². The summed E-state index contributed by atoms with van der Waals surface area (Å²) in [6.07, 6.45) is 0. The fourth-order valence-electron chi connectivity index (χ4n) is 0.799. The summed E-state index contributed by atoms with van der Waals surface area (Å²) in [5.41, 5.74) is 1.97. The molecular formula is C8H9LiO. The maximum Gasteiger partial charge on any atom is 1.00 e. The van der Waals surface area contributed by atoms with E-state index in [1.807, 2.05) is 26.0 Å². The third kappa shape index (κ3) is 2.10. The monoisotopic (exact) mass is 128 g/mol. The van der Waals surface area contributed by atoms with Crippen LogP contribution in [0.2, 0.25) is 0 Å². The second-order valence-corrected chi connectivity index (χ2v) is 2.27. The van der Waals surface area contributed by atoms with Crippen LogP contribution in [0.3, 0.4) is 0 Å². The molecule has 1 rings (SSSR count). The quantitative estimate of drug-likeness (QED) is 0.385. The molecule has 0 heterocycles. The Morgan fingerprint density at radius 1 is 1.20 bits per heavy atom. The van der Waals surface area contributed by atoms with Crippen LogP contribution in [-0.4, -0.2) is 0 Å². The van der Waals surface area contributed by atoms with Gasteiger partial charge in [0, 0.05) is 0 Å². The second kappa shape index (κ2) is 3.70. The Labute approximate surface area is 73.3 Å². The maximum absolute atomic E-state index is 10.8. The minimum Gasteiger partial charge on any atom is -0.872 e. The van der Waals surface area contributed by atoms with Gasteiger partial charge in [0.25, 0.3) is 0 Å². The van der Waals surface area contributed by atoms with Gasteiger partial charge < -0.3 is 5.11 Å². The van der Waals surface area contributed by atoms with Crippen LogP contribution < -0.4 is 24.0 Å². The Morgan fingerprint density at radius 2 is 1.80 bits per heavy atom. The molecule has 0 saturated carbocycles. The van der Waals surface area contributed by atoms with Gasteiger partial charge in [0.05, 0.1) is 0 Å². The number of rotatable bonds is 0. The summed E-state index contributed by atoms with van der Waals surface area (Å²) in [6.45, 7) is 3.81. The third-order valence-electron chi connectivity index (χ3n) is 1.33. The van der Waals surface area contributed by atoms with Crippen molar-refractivity contribution in [3.05, 3.63) is 29.3 Å². The number of aryl methyl sites for hydroxylation is 2. The molecule has 0 aliphatic carbocycles. The average molecular weight is 128 g/mol. The van der Waals surface area contributed by atoms with Gasteiger partial charge in [-0.2, -0.15) is 0 Å². The van der Waals surface area contributed by atoms with Crippen molar-refractivity contribution < 1.29 is 24.0 Å². The number of benzene rings is 1. The van der Waals surface area contributed by atoms with Crippen molar-refractivity contribution in [3.63, 3.8) is 0 Å². The van der Waals surface area contributed by atoms with Gasteiger partial charge in [-0.15, -0.1) is 5.75 Å². The minimum absolute atomic E-state index is 0. The average Bonchev–Trinajstić information content (AvgIpc) is 1.80. The first-order chi connectivity index (χ1) is 4.20. The molecule has 1 aromatic carbocycles. The minimum atomic E-state index is 0. The molecule has 0 amide bonds. The Bertz CT molecular complexity index is 220. The standard InChI is InChI=1S/C8H10O.Li/c1-6-3-4-8(9)7(2)5-6;/h3-5,9H,1-2H3;/q;+1/p-1. The zero-order chi connectivity index (χ0) is 6.85. The fraction of sp³-hybridized carbons (Fsp3) is 0.250. The molecule has 0 atom stereocenters. The Kier molecular flexibility index (Phi) is 3.56. The molecule has 0 radical (unpaired) electrons. The van der Waals surface area contributed by atoms with Gasteiger partial charge in [0.1, 0.15) is 0 Å². The predicted molar refractivity (Wildman–Crippen MR) is 35.4 cm³/mol. The maximum atomic E-state index is 10.8. The summed E-state index contributed by atoms with van der Waals surface area (Å²) in [5, 5.41) is 10.8. The van der Waals surface area contributed by atoms with E-state index < -0.39 is 0 Å². The Hall–Kier alpha value is -0.383. The van der Waals surface area contributed by atoms with E-state index in [1.165, 1.54) is 0 Å². The molecule has 1 nitrogen and oxygen atoms in total. The van der Waals surface area contributed by atoms with Crippen LogP contribution in [0.1, 0.15) is 11.1 Å². The Morgan fingerprint density at radius 3 is 2.20 bits per heavy atom. The van der Waals surface area contributed by atoms with E-state index in [0.29, 0.717) is 0 Å². The molecule has 2 heteroatoms. The van der Waals surface area contributed by atoms with Crippen LogP contribution in [0.25, 0.3) is 0 Å². The molecule has 0 aromatic heterocycles. The van der Waals surface area contributed by atoms with Crippen molar-refractivity contribution in [2.45, 2.75) is 13.8 Å². The first-order valence-corrected chi connectivity index (χ1v) is 2.94. The first kappa shape index (κ1) is 9.62. The Balaban J connectivity index is 0.000000810. The SMILES string of the molecule is Cc1ccc([O-])c(C)c1.[Li+]. The smallest absolute Gasteiger partial charge is 0.872 e. The third-order valence-corrected chi connectivity index (χ3v) is 1.33. The van der Waals surface area contributed by atoms with Gasteiger partial charge in [0.2, 0.25) is 0 Å².